The zero-order chi connectivity index (χ0) is 46.7. The lowest BCUT2D eigenvalue weighted by molar-refractivity contribution is -0.716. The maximum atomic E-state index is 5.15. The number of aliphatic imine (C=N–C) groups is 2. The zero-order valence-corrected chi connectivity index (χ0v) is 45.5. The Balaban J connectivity index is 0.000000201. The summed E-state index contributed by atoms with van der Waals surface area (Å²) in [5.41, 5.74) is 12.6. The van der Waals surface area contributed by atoms with E-state index in [0.29, 0.717) is 24.2 Å². The van der Waals surface area contributed by atoms with Crippen molar-refractivity contribution in [2.24, 2.45) is 9.98 Å². The van der Waals surface area contributed by atoms with Crippen LogP contribution in [0.25, 0.3) is 45.0 Å². The van der Waals surface area contributed by atoms with E-state index in [4.69, 9.17) is 9.98 Å². The Labute approximate surface area is 451 Å². The largest absolute Gasteiger partial charge is 1.00 e. The van der Waals surface area contributed by atoms with E-state index < -0.39 is 0 Å². The molecule has 2 aliphatic rings. The average Bonchev–Trinajstić information content (AvgIpc) is 4.01. The second kappa shape index (κ2) is 25.6. The van der Waals surface area contributed by atoms with Gasteiger partial charge in [0.15, 0.2) is 22.8 Å². The zero-order valence-electron chi connectivity index (χ0n) is 41.2. The summed E-state index contributed by atoms with van der Waals surface area (Å²) in [6.07, 6.45) is 18.4. The van der Waals surface area contributed by atoms with Crippen LogP contribution >= 0.6 is 0 Å². The van der Waals surface area contributed by atoms with E-state index in [2.05, 4.69) is 253 Å². The number of imidazole rings is 2. The van der Waals surface area contributed by atoms with Crippen LogP contribution in [0.4, 0.5) is 0 Å². The second-order valence-corrected chi connectivity index (χ2v) is 19.1. The first-order valence-electron chi connectivity index (χ1n) is 25.1. The molecule has 6 nitrogen and oxygen atoms in total. The Kier molecular flexibility index (Phi) is 19.1. The summed E-state index contributed by atoms with van der Waals surface area (Å²) in [5.74, 6) is 0. The van der Waals surface area contributed by atoms with Crippen LogP contribution in [0.15, 0.2) is 205 Å². The molecule has 10 rings (SSSR count). The molecular weight excluding hydrogens is 1080 g/mol. The molecule has 0 unspecified atom stereocenters. The van der Waals surface area contributed by atoms with E-state index in [0.717, 1.165) is 25.7 Å². The highest BCUT2D eigenvalue weighted by Crippen LogP contribution is 2.38. The summed E-state index contributed by atoms with van der Waals surface area (Å²) in [5, 5.41) is 0. The van der Waals surface area contributed by atoms with Gasteiger partial charge in [-0.2, -0.15) is 0 Å². The Morgan fingerprint density at radius 2 is 0.686 bits per heavy atom. The molecule has 8 aromatic rings. The first-order valence-corrected chi connectivity index (χ1v) is 25.1. The highest BCUT2D eigenvalue weighted by atomic mass is 127. The fraction of sp³-hybridized carbons (Fsp3) is 0.290. The van der Waals surface area contributed by atoms with Gasteiger partial charge in [0.2, 0.25) is 12.7 Å². The standard InChI is InChI=1S/2C31H34N3.2HI/c2*1-24(2)33-23-34(29-21-13-12-20-28(29)32-22-25-14-6-3-7-15-25)31(27-18-10-5-11-19-27)30(33)26-16-8-4-9-17-26;;/h2*3-11,14-19,22-24,28-29H,12-13,20-21H2,1-2H3;2*1H/q2*+1;;/p-2/t2*28-,29-;;/m11../s1. The van der Waals surface area contributed by atoms with Crippen molar-refractivity contribution in [3.63, 3.8) is 0 Å². The van der Waals surface area contributed by atoms with Gasteiger partial charge in [0, 0.05) is 34.7 Å². The highest BCUT2D eigenvalue weighted by molar-refractivity contribution is 5.81. The van der Waals surface area contributed by atoms with Crippen molar-refractivity contribution in [1.82, 2.24) is 9.13 Å². The summed E-state index contributed by atoms with van der Waals surface area (Å²) in [7, 11) is 0. The summed E-state index contributed by atoms with van der Waals surface area (Å²) in [6, 6.07) is 66.3. The normalized spacial score (nSPS) is 18.0. The Hall–Kier alpha value is -5.46. The topological polar surface area (TPSA) is 42.3 Å². The Morgan fingerprint density at radius 1 is 0.400 bits per heavy atom. The molecule has 2 aliphatic carbocycles. The molecule has 2 heterocycles. The monoisotopic (exact) mass is 1150 g/mol. The molecule has 0 bridgehead atoms. The number of hydrogen-bond donors (Lipinski definition) is 0. The molecule has 0 saturated heterocycles. The molecule has 360 valence electrons. The number of rotatable bonds is 12. The maximum Gasteiger partial charge on any atom is 0.245 e. The van der Waals surface area contributed by atoms with Gasteiger partial charge in [0.1, 0.15) is 12.1 Å². The number of hydrogen-bond acceptors (Lipinski definition) is 2. The minimum absolute atomic E-state index is 0. The van der Waals surface area contributed by atoms with Crippen molar-refractivity contribution < 1.29 is 57.1 Å². The number of halogens is 2. The van der Waals surface area contributed by atoms with Crippen molar-refractivity contribution in [1.29, 1.82) is 0 Å². The first-order chi connectivity index (χ1) is 33.4. The van der Waals surface area contributed by atoms with Gasteiger partial charge in [-0.15, -0.1) is 0 Å². The predicted octanol–water partition coefficient (Wildman–Crippen LogP) is 8.59. The smallest absolute Gasteiger partial charge is 0.245 e. The van der Waals surface area contributed by atoms with Crippen LogP contribution in [0.3, 0.4) is 0 Å². The summed E-state index contributed by atoms with van der Waals surface area (Å²) in [4.78, 5) is 10.3. The molecule has 2 fully saturated rings. The van der Waals surface area contributed by atoms with Gasteiger partial charge < -0.3 is 48.0 Å². The molecule has 2 saturated carbocycles. The van der Waals surface area contributed by atoms with Crippen LogP contribution in [0, 0.1) is 0 Å². The van der Waals surface area contributed by atoms with Crippen LogP contribution in [0.1, 0.15) is 114 Å². The fourth-order valence-corrected chi connectivity index (χ4v) is 10.4. The van der Waals surface area contributed by atoms with Gasteiger partial charge in [-0.25, -0.2) is 18.3 Å². The third-order valence-electron chi connectivity index (χ3n) is 13.8. The van der Waals surface area contributed by atoms with Crippen molar-refractivity contribution in [3.8, 4) is 45.0 Å². The van der Waals surface area contributed by atoms with Crippen molar-refractivity contribution in [2.75, 3.05) is 0 Å². The van der Waals surface area contributed by atoms with Crippen molar-refractivity contribution in [2.45, 2.75) is 115 Å². The third-order valence-corrected chi connectivity index (χ3v) is 13.8. The second-order valence-electron chi connectivity index (χ2n) is 19.1. The minimum atomic E-state index is 0. The molecule has 0 aliphatic heterocycles. The van der Waals surface area contributed by atoms with Crippen LogP contribution in [0.2, 0.25) is 0 Å². The minimum Gasteiger partial charge on any atom is -1.00 e. The summed E-state index contributed by atoms with van der Waals surface area (Å²) >= 11 is 0. The van der Waals surface area contributed by atoms with E-state index in [-0.39, 0.29) is 60.0 Å². The van der Waals surface area contributed by atoms with Gasteiger partial charge in [0.25, 0.3) is 0 Å². The van der Waals surface area contributed by atoms with Crippen molar-refractivity contribution in [3.05, 3.63) is 206 Å². The van der Waals surface area contributed by atoms with Gasteiger partial charge in [-0.05, 0) is 77.3 Å². The Morgan fingerprint density at radius 3 is 1.00 bits per heavy atom. The average molecular weight is 1150 g/mol. The van der Waals surface area contributed by atoms with E-state index in [9.17, 15) is 0 Å². The third kappa shape index (κ3) is 12.3. The molecule has 0 radical (unpaired) electrons. The maximum absolute atomic E-state index is 5.15. The summed E-state index contributed by atoms with van der Waals surface area (Å²) in [6.45, 7) is 9.10. The molecule has 2 aromatic heterocycles. The lowest BCUT2D eigenvalue weighted by Crippen LogP contribution is -3.00. The number of nitrogens with zero attached hydrogens (tertiary/aromatic N) is 6. The quantitative estimate of drug-likeness (QED) is 0.0669. The van der Waals surface area contributed by atoms with Gasteiger partial charge >= 0.3 is 0 Å². The molecule has 4 atom stereocenters. The predicted molar refractivity (Wildman–Crippen MR) is 282 cm³/mol. The van der Waals surface area contributed by atoms with Crippen LogP contribution in [0.5, 0.6) is 0 Å². The molecule has 8 heteroatoms. The number of aromatic nitrogens is 4. The van der Waals surface area contributed by atoms with E-state index >= 15 is 0 Å². The van der Waals surface area contributed by atoms with E-state index in [1.54, 1.807) is 0 Å². The van der Waals surface area contributed by atoms with Crippen molar-refractivity contribution >= 4 is 12.4 Å². The summed E-state index contributed by atoms with van der Waals surface area (Å²) < 4.78 is 9.99. The van der Waals surface area contributed by atoms with Gasteiger partial charge in [-0.3, -0.25) is 9.98 Å². The molecule has 6 aromatic carbocycles. The molecule has 70 heavy (non-hydrogen) atoms. The lowest BCUT2D eigenvalue weighted by Gasteiger charge is -2.27. The van der Waals surface area contributed by atoms with E-state index in [1.807, 2.05) is 0 Å². The van der Waals surface area contributed by atoms with Crippen LogP contribution in [-0.2, 0) is 0 Å². The van der Waals surface area contributed by atoms with E-state index in [1.165, 1.54) is 81.8 Å². The molecule has 0 spiro atoms. The SMILES string of the molecule is CC(C)n1c[n+]([C@@H]2CCCC[C@H]2N=Cc2ccccc2)c(-c2ccccc2)c1-c1ccccc1.CC(C)n1c[n+]([C@@H]2CCCC[C@H]2N=Cc2ccccc2)c(-c2ccccc2)c1-c1ccccc1.[I-].[I-]. The lowest BCUT2D eigenvalue weighted by atomic mass is 9.89. The fourth-order valence-electron chi connectivity index (χ4n) is 10.4. The number of benzene rings is 6. The first kappa shape index (κ1) is 52.4. The molecule has 0 N–H and O–H groups in total. The highest BCUT2D eigenvalue weighted by Gasteiger charge is 2.38. The van der Waals surface area contributed by atoms with Crippen LogP contribution < -0.4 is 57.1 Å². The molecule has 0 amide bonds. The van der Waals surface area contributed by atoms with Gasteiger partial charge in [-0.1, -0.05) is 195 Å². The molecular formula is C62H68I2N6. The van der Waals surface area contributed by atoms with Gasteiger partial charge in [0.05, 0.1) is 24.2 Å². The van der Waals surface area contributed by atoms with Crippen LogP contribution in [-0.4, -0.2) is 33.6 Å². The Bertz CT molecular complexity index is 2660.